The molecule has 0 bridgehead atoms. The predicted molar refractivity (Wildman–Crippen MR) is 137 cm³/mol. The van der Waals surface area contributed by atoms with E-state index in [1.54, 1.807) is 0 Å². The number of ether oxygens (including phenoxy) is 1. The molecule has 2 saturated heterocycles. The van der Waals surface area contributed by atoms with Gasteiger partial charge in [0.25, 0.3) is 0 Å². The normalized spacial score (nSPS) is 17.7. The number of carbonyl (C=O) groups excluding carboxylic acids is 1. The van der Waals surface area contributed by atoms with Gasteiger partial charge in [0.2, 0.25) is 0 Å². The second-order valence-corrected chi connectivity index (χ2v) is 9.52. The lowest BCUT2D eigenvalue weighted by molar-refractivity contribution is 0.157. The van der Waals surface area contributed by atoms with Gasteiger partial charge < -0.3 is 9.64 Å². The fourth-order valence-corrected chi connectivity index (χ4v) is 5.48. The second-order valence-electron chi connectivity index (χ2n) is 9.52. The van der Waals surface area contributed by atoms with Crippen molar-refractivity contribution < 1.29 is 9.53 Å². The number of aryl methyl sites for hydroxylation is 2. The molecule has 0 saturated carbocycles. The maximum Gasteiger partial charge on any atom is 0.410 e. The van der Waals surface area contributed by atoms with E-state index in [4.69, 9.17) is 14.8 Å². The van der Waals surface area contributed by atoms with Crippen LogP contribution in [0.2, 0.25) is 0 Å². The number of carbonyl (C=O) groups is 1. The number of para-hydroxylation sites is 1. The summed E-state index contributed by atoms with van der Waals surface area (Å²) in [6, 6.07) is 16.7. The van der Waals surface area contributed by atoms with Crippen molar-refractivity contribution in [2.24, 2.45) is 7.05 Å². The minimum Gasteiger partial charge on any atom is -0.447 e. The number of anilines is 1. The quantitative estimate of drug-likeness (QED) is 0.390. The van der Waals surface area contributed by atoms with Crippen LogP contribution in [-0.4, -0.2) is 67.8 Å². The number of rotatable bonds is 3. The Labute approximate surface area is 207 Å². The standard InChI is InChI=1S/C27H25N7O2/c1-17-5-3-7-21-25(20-6-4-8-23-22(20)15-31(2)29-23)30-34(26(17)21)18-9-10-24(28-13-18)32-11-12-33-19(14-32)16-36-27(33)35/h3-10,13,15,19H,11-12,14,16H2,1-2H3. The average Bonchev–Trinajstić information content (AvgIpc) is 3.58. The van der Waals surface area contributed by atoms with Crippen molar-refractivity contribution in [2.75, 3.05) is 31.1 Å². The van der Waals surface area contributed by atoms with E-state index in [0.717, 1.165) is 63.2 Å². The van der Waals surface area contributed by atoms with Crippen LogP contribution in [0.25, 0.3) is 38.8 Å². The molecule has 1 unspecified atom stereocenters. The number of piperazine rings is 1. The van der Waals surface area contributed by atoms with Gasteiger partial charge in [0.1, 0.15) is 18.1 Å². The first kappa shape index (κ1) is 20.9. The van der Waals surface area contributed by atoms with E-state index < -0.39 is 0 Å². The number of benzene rings is 2. The van der Waals surface area contributed by atoms with Gasteiger partial charge >= 0.3 is 6.09 Å². The van der Waals surface area contributed by atoms with E-state index in [1.807, 2.05) is 51.9 Å². The molecular weight excluding hydrogens is 454 g/mol. The summed E-state index contributed by atoms with van der Waals surface area (Å²) in [5, 5.41) is 11.9. The summed E-state index contributed by atoms with van der Waals surface area (Å²) in [6.07, 6.45) is 3.72. The minimum atomic E-state index is -0.207. The molecule has 2 fully saturated rings. The second kappa shape index (κ2) is 7.81. The highest BCUT2D eigenvalue weighted by Gasteiger charge is 2.37. The molecule has 1 atom stereocenters. The third-order valence-corrected chi connectivity index (χ3v) is 7.24. The maximum absolute atomic E-state index is 11.8. The van der Waals surface area contributed by atoms with Crippen molar-refractivity contribution >= 4 is 33.7 Å². The van der Waals surface area contributed by atoms with Gasteiger partial charge in [-0.05, 0) is 30.7 Å². The summed E-state index contributed by atoms with van der Waals surface area (Å²) < 4.78 is 9.04. The summed E-state index contributed by atoms with van der Waals surface area (Å²) in [5.74, 6) is 0.895. The van der Waals surface area contributed by atoms with E-state index in [2.05, 4.69) is 47.3 Å². The number of aromatic nitrogens is 5. The summed E-state index contributed by atoms with van der Waals surface area (Å²) in [4.78, 5) is 20.6. The van der Waals surface area contributed by atoms with Gasteiger partial charge in [-0.3, -0.25) is 9.58 Å². The third-order valence-electron chi connectivity index (χ3n) is 7.24. The zero-order valence-electron chi connectivity index (χ0n) is 20.1. The zero-order valence-corrected chi connectivity index (χ0v) is 20.1. The first-order valence-electron chi connectivity index (χ1n) is 12.1. The molecule has 5 heterocycles. The van der Waals surface area contributed by atoms with Gasteiger partial charge in [0.05, 0.1) is 29.0 Å². The predicted octanol–water partition coefficient (Wildman–Crippen LogP) is 3.92. The maximum atomic E-state index is 11.8. The summed E-state index contributed by atoms with van der Waals surface area (Å²) >= 11 is 0. The molecule has 7 rings (SSSR count). The molecule has 1 amide bonds. The number of pyridine rings is 1. The smallest absolute Gasteiger partial charge is 0.410 e. The van der Waals surface area contributed by atoms with Crippen molar-refractivity contribution in [3.8, 4) is 16.9 Å². The van der Waals surface area contributed by atoms with E-state index >= 15 is 0 Å². The first-order chi connectivity index (χ1) is 17.6. The molecule has 0 spiro atoms. The number of hydrogen-bond acceptors (Lipinski definition) is 6. The summed E-state index contributed by atoms with van der Waals surface area (Å²) in [6.45, 7) is 4.67. The highest BCUT2D eigenvalue weighted by Crippen LogP contribution is 2.35. The van der Waals surface area contributed by atoms with Crippen LogP contribution >= 0.6 is 0 Å². The molecule has 0 aliphatic carbocycles. The lowest BCUT2D eigenvalue weighted by atomic mass is 10.0. The topological polar surface area (TPSA) is 81.3 Å². The Bertz CT molecular complexity index is 1640. The van der Waals surface area contributed by atoms with Crippen molar-refractivity contribution in [2.45, 2.75) is 13.0 Å². The van der Waals surface area contributed by atoms with E-state index in [9.17, 15) is 4.79 Å². The Kier molecular flexibility index (Phi) is 4.54. The fraction of sp³-hybridized carbons (Fsp3) is 0.259. The Morgan fingerprint density at radius 2 is 1.89 bits per heavy atom. The largest absolute Gasteiger partial charge is 0.447 e. The Morgan fingerprint density at radius 3 is 2.75 bits per heavy atom. The monoisotopic (exact) mass is 479 g/mol. The molecule has 2 aromatic carbocycles. The molecule has 3 aromatic heterocycles. The molecule has 9 heteroatoms. The van der Waals surface area contributed by atoms with Gasteiger partial charge in [0, 0.05) is 49.2 Å². The summed E-state index contributed by atoms with van der Waals surface area (Å²) in [7, 11) is 1.94. The molecule has 2 aliphatic rings. The highest BCUT2D eigenvalue weighted by molar-refractivity contribution is 6.03. The van der Waals surface area contributed by atoms with Gasteiger partial charge in [-0.15, -0.1) is 0 Å². The number of cyclic esters (lactones) is 1. The highest BCUT2D eigenvalue weighted by atomic mass is 16.6. The molecule has 180 valence electrons. The molecule has 5 aromatic rings. The number of fused-ring (bicyclic) bond motifs is 3. The van der Waals surface area contributed by atoms with Crippen molar-refractivity contribution in [3.63, 3.8) is 0 Å². The zero-order chi connectivity index (χ0) is 24.4. The first-order valence-corrected chi connectivity index (χ1v) is 12.1. The molecule has 9 nitrogen and oxygen atoms in total. The van der Waals surface area contributed by atoms with Crippen LogP contribution in [-0.2, 0) is 11.8 Å². The van der Waals surface area contributed by atoms with Crippen LogP contribution in [0.1, 0.15) is 5.56 Å². The molecular formula is C27H25N7O2. The molecule has 0 radical (unpaired) electrons. The Hall–Kier alpha value is -4.40. The van der Waals surface area contributed by atoms with Crippen LogP contribution in [0.4, 0.5) is 10.6 Å². The van der Waals surface area contributed by atoms with Crippen molar-refractivity contribution in [3.05, 3.63) is 66.5 Å². The van der Waals surface area contributed by atoms with E-state index in [1.165, 1.54) is 0 Å². The average molecular weight is 480 g/mol. The lowest BCUT2D eigenvalue weighted by Gasteiger charge is -2.36. The molecule has 36 heavy (non-hydrogen) atoms. The fourth-order valence-electron chi connectivity index (χ4n) is 5.48. The number of amides is 1. The van der Waals surface area contributed by atoms with E-state index in [-0.39, 0.29) is 12.1 Å². The van der Waals surface area contributed by atoms with Gasteiger partial charge in [0.15, 0.2) is 0 Å². The lowest BCUT2D eigenvalue weighted by Crippen LogP contribution is -2.52. The Balaban J connectivity index is 1.29. The van der Waals surface area contributed by atoms with Gasteiger partial charge in [-0.25, -0.2) is 14.5 Å². The van der Waals surface area contributed by atoms with Crippen LogP contribution in [0.3, 0.4) is 0 Å². The number of nitrogens with zero attached hydrogens (tertiary/aromatic N) is 7. The van der Waals surface area contributed by atoms with Crippen LogP contribution in [0.15, 0.2) is 60.9 Å². The van der Waals surface area contributed by atoms with Gasteiger partial charge in [-0.2, -0.15) is 10.2 Å². The number of hydrogen-bond donors (Lipinski definition) is 0. The third kappa shape index (κ3) is 3.16. The van der Waals surface area contributed by atoms with Crippen molar-refractivity contribution in [1.29, 1.82) is 0 Å². The Morgan fingerprint density at radius 1 is 1.00 bits per heavy atom. The minimum absolute atomic E-state index is 0.0863. The summed E-state index contributed by atoms with van der Waals surface area (Å²) in [5.41, 5.74) is 6.06. The van der Waals surface area contributed by atoms with Gasteiger partial charge in [-0.1, -0.05) is 30.3 Å². The molecule has 2 aliphatic heterocycles. The molecule has 0 N–H and O–H groups in total. The SMILES string of the molecule is Cc1cccc2c(-c3cccc4nn(C)cc34)nn(-c3ccc(N4CCN5C(=O)OCC5C4)nc3)c12. The van der Waals surface area contributed by atoms with E-state index in [0.29, 0.717) is 13.2 Å². The van der Waals surface area contributed by atoms with Crippen LogP contribution in [0.5, 0.6) is 0 Å². The van der Waals surface area contributed by atoms with Crippen LogP contribution < -0.4 is 4.90 Å². The van der Waals surface area contributed by atoms with Crippen LogP contribution in [0, 0.1) is 6.92 Å². The van der Waals surface area contributed by atoms with Crippen molar-refractivity contribution in [1.82, 2.24) is 29.4 Å².